The van der Waals surface area contributed by atoms with Crippen molar-refractivity contribution >= 4 is 11.8 Å². The normalized spacial score (nSPS) is 15.4. The van der Waals surface area contributed by atoms with Crippen molar-refractivity contribution in [1.82, 2.24) is 15.2 Å². The second-order valence-corrected chi connectivity index (χ2v) is 9.17. The number of amides is 2. The molecule has 2 heterocycles. The van der Waals surface area contributed by atoms with Gasteiger partial charge in [-0.1, -0.05) is 56.3 Å². The molecule has 0 bridgehead atoms. The average Bonchev–Trinajstić information content (AvgIpc) is 3.28. The third-order valence-electron chi connectivity index (χ3n) is 5.81. The van der Waals surface area contributed by atoms with E-state index >= 15 is 0 Å². The monoisotopic (exact) mass is 431 g/mol. The van der Waals surface area contributed by atoms with Crippen LogP contribution in [0, 0.1) is 5.41 Å². The number of aromatic nitrogens is 1. The highest BCUT2D eigenvalue weighted by atomic mass is 16.3. The second-order valence-electron chi connectivity index (χ2n) is 9.17. The third-order valence-corrected chi connectivity index (χ3v) is 5.81. The number of hydrogen-bond acceptors (Lipinski definition) is 4. The van der Waals surface area contributed by atoms with E-state index < -0.39 is 0 Å². The van der Waals surface area contributed by atoms with Crippen molar-refractivity contribution in [3.63, 3.8) is 0 Å². The lowest BCUT2D eigenvalue weighted by atomic mass is 9.84. The lowest BCUT2D eigenvalue weighted by molar-refractivity contribution is -0.120. The van der Waals surface area contributed by atoms with Crippen LogP contribution in [0.2, 0.25) is 0 Å². The summed E-state index contributed by atoms with van der Waals surface area (Å²) in [5, 5.41) is 2.94. The number of oxazole rings is 1. The van der Waals surface area contributed by atoms with E-state index in [1.807, 2.05) is 59.5 Å². The third kappa shape index (κ3) is 5.44. The van der Waals surface area contributed by atoms with E-state index in [4.69, 9.17) is 4.42 Å². The van der Waals surface area contributed by atoms with E-state index in [2.05, 4.69) is 24.1 Å². The number of nitrogens with one attached hydrogen (secondary N) is 1. The summed E-state index contributed by atoms with van der Waals surface area (Å²) in [6.45, 7) is 6.32. The van der Waals surface area contributed by atoms with Gasteiger partial charge in [-0.15, -0.1) is 0 Å². The van der Waals surface area contributed by atoms with Crippen LogP contribution < -0.4 is 5.32 Å². The molecule has 1 aliphatic rings. The summed E-state index contributed by atoms with van der Waals surface area (Å²) < 4.78 is 5.59. The topological polar surface area (TPSA) is 75.4 Å². The maximum atomic E-state index is 12.8. The van der Waals surface area contributed by atoms with Crippen LogP contribution in [0.15, 0.2) is 65.3 Å². The highest BCUT2D eigenvalue weighted by Gasteiger charge is 2.30. The van der Waals surface area contributed by atoms with Crippen LogP contribution in [0.1, 0.15) is 48.3 Å². The first-order valence-electron chi connectivity index (χ1n) is 11.0. The predicted octanol–water partition coefficient (Wildman–Crippen LogP) is 4.46. The summed E-state index contributed by atoms with van der Waals surface area (Å²) in [5.41, 5.74) is 3.24. The minimum absolute atomic E-state index is 0.0166. The molecule has 6 heteroatoms. The zero-order valence-corrected chi connectivity index (χ0v) is 18.6. The van der Waals surface area contributed by atoms with Gasteiger partial charge in [-0.05, 0) is 41.5 Å². The van der Waals surface area contributed by atoms with Crippen molar-refractivity contribution in [3.05, 3.63) is 77.7 Å². The quantitative estimate of drug-likeness (QED) is 0.625. The Labute approximate surface area is 188 Å². The molecule has 32 heavy (non-hydrogen) atoms. The van der Waals surface area contributed by atoms with Crippen molar-refractivity contribution in [3.8, 4) is 11.5 Å². The van der Waals surface area contributed by atoms with Crippen LogP contribution in [0.5, 0.6) is 0 Å². The summed E-state index contributed by atoms with van der Waals surface area (Å²) in [6, 6.07) is 17.3. The Hall–Kier alpha value is -3.41. The Morgan fingerprint density at radius 3 is 2.53 bits per heavy atom. The largest absolute Gasteiger partial charge is 0.444 e. The van der Waals surface area contributed by atoms with Gasteiger partial charge in [0.05, 0.1) is 6.42 Å². The number of likely N-dealkylation sites (tertiary alicyclic amines) is 1. The van der Waals surface area contributed by atoms with Gasteiger partial charge >= 0.3 is 0 Å². The van der Waals surface area contributed by atoms with E-state index in [1.165, 1.54) is 6.26 Å². The molecule has 1 aliphatic heterocycles. The smallest absolute Gasteiger partial charge is 0.275 e. The number of nitrogens with zero attached hydrogens (tertiary/aromatic N) is 2. The molecule has 0 unspecified atom stereocenters. The average molecular weight is 432 g/mol. The van der Waals surface area contributed by atoms with E-state index in [0.29, 0.717) is 24.6 Å². The number of piperidine rings is 1. The van der Waals surface area contributed by atoms with E-state index in [0.717, 1.165) is 42.6 Å². The standard InChI is InChI=1S/C26H29N3O3/c1-26(2)13-6-14-29(18-26)25(31)22-17-32-24(28-22)21-11-9-20(10-12-21)16-27-23(30)15-19-7-4-3-5-8-19/h3-5,7-12,17H,6,13-16,18H2,1-2H3,(H,27,30). The van der Waals surface area contributed by atoms with Crippen molar-refractivity contribution in [2.24, 2.45) is 5.41 Å². The van der Waals surface area contributed by atoms with Gasteiger partial charge in [-0.3, -0.25) is 9.59 Å². The molecule has 0 saturated carbocycles. The van der Waals surface area contributed by atoms with Crippen molar-refractivity contribution in [1.29, 1.82) is 0 Å². The molecule has 1 aromatic heterocycles. The zero-order valence-electron chi connectivity index (χ0n) is 18.6. The van der Waals surface area contributed by atoms with Gasteiger partial charge in [0.2, 0.25) is 11.8 Å². The van der Waals surface area contributed by atoms with Crippen LogP contribution in [-0.2, 0) is 17.8 Å². The molecule has 0 spiro atoms. The van der Waals surface area contributed by atoms with Gasteiger partial charge in [-0.2, -0.15) is 0 Å². The Morgan fingerprint density at radius 2 is 1.81 bits per heavy atom. The lowest BCUT2D eigenvalue weighted by Crippen LogP contribution is -2.43. The predicted molar refractivity (Wildman–Crippen MR) is 123 cm³/mol. The summed E-state index contributed by atoms with van der Waals surface area (Å²) in [6.07, 6.45) is 3.93. The van der Waals surface area contributed by atoms with Crippen LogP contribution in [0.4, 0.5) is 0 Å². The molecule has 1 saturated heterocycles. The van der Waals surface area contributed by atoms with Gasteiger partial charge in [0, 0.05) is 25.2 Å². The minimum atomic E-state index is -0.0782. The molecule has 1 N–H and O–H groups in total. The molecule has 6 nitrogen and oxygen atoms in total. The molecule has 3 aromatic rings. The summed E-state index contributed by atoms with van der Waals surface area (Å²) in [4.78, 5) is 31.3. The number of benzene rings is 2. The van der Waals surface area contributed by atoms with Crippen molar-refractivity contribution < 1.29 is 14.0 Å². The van der Waals surface area contributed by atoms with Gasteiger partial charge < -0.3 is 14.6 Å². The van der Waals surface area contributed by atoms with Gasteiger partial charge in [-0.25, -0.2) is 4.98 Å². The van der Waals surface area contributed by atoms with Crippen LogP contribution in [0.3, 0.4) is 0 Å². The second kappa shape index (κ2) is 9.39. The maximum Gasteiger partial charge on any atom is 0.275 e. The summed E-state index contributed by atoms with van der Waals surface area (Å²) in [7, 11) is 0. The first kappa shape index (κ1) is 21.8. The molecule has 4 rings (SSSR count). The first-order chi connectivity index (χ1) is 15.4. The summed E-state index contributed by atoms with van der Waals surface area (Å²) >= 11 is 0. The molecule has 0 aliphatic carbocycles. The molecule has 2 amide bonds. The highest BCUT2D eigenvalue weighted by Crippen LogP contribution is 2.29. The fourth-order valence-corrected chi connectivity index (χ4v) is 4.07. The van der Waals surface area contributed by atoms with Gasteiger partial charge in [0.1, 0.15) is 6.26 Å². The van der Waals surface area contributed by atoms with Crippen LogP contribution in [-0.4, -0.2) is 34.8 Å². The molecular formula is C26H29N3O3. The molecule has 0 radical (unpaired) electrons. The Balaban J connectivity index is 1.34. The fourth-order valence-electron chi connectivity index (χ4n) is 4.07. The number of rotatable bonds is 6. The summed E-state index contributed by atoms with van der Waals surface area (Å²) in [5.74, 6) is 0.326. The zero-order chi connectivity index (χ0) is 22.6. The molecule has 1 fully saturated rings. The van der Waals surface area contributed by atoms with Gasteiger partial charge in [0.15, 0.2) is 5.69 Å². The van der Waals surface area contributed by atoms with Gasteiger partial charge in [0.25, 0.3) is 5.91 Å². The molecular weight excluding hydrogens is 402 g/mol. The number of carbonyl (C=O) groups is 2. The Morgan fingerprint density at radius 1 is 1.06 bits per heavy atom. The highest BCUT2D eigenvalue weighted by molar-refractivity contribution is 5.92. The molecule has 0 atom stereocenters. The molecule has 2 aromatic carbocycles. The lowest BCUT2D eigenvalue weighted by Gasteiger charge is -2.37. The van der Waals surface area contributed by atoms with Crippen molar-refractivity contribution in [2.75, 3.05) is 13.1 Å². The van der Waals surface area contributed by atoms with Crippen LogP contribution >= 0.6 is 0 Å². The van der Waals surface area contributed by atoms with E-state index in [-0.39, 0.29) is 17.2 Å². The van der Waals surface area contributed by atoms with E-state index in [1.54, 1.807) is 0 Å². The Bertz CT molecular complexity index is 1070. The van der Waals surface area contributed by atoms with Crippen molar-refractivity contribution in [2.45, 2.75) is 39.7 Å². The first-order valence-corrected chi connectivity index (χ1v) is 11.0. The minimum Gasteiger partial charge on any atom is -0.444 e. The van der Waals surface area contributed by atoms with Crippen LogP contribution in [0.25, 0.3) is 11.5 Å². The SMILES string of the molecule is CC1(C)CCCN(C(=O)c2coc(-c3ccc(CNC(=O)Cc4ccccc4)cc3)n2)C1. The number of carbonyl (C=O) groups excluding carboxylic acids is 2. The fraction of sp³-hybridized carbons (Fsp3) is 0.346. The Kier molecular flexibility index (Phi) is 6.40. The maximum absolute atomic E-state index is 12.8. The van der Waals surface area contributed by atoms with E-state index in [9.17, 15) is 9.59 Å². The number of hydrogen-bond donors (Lipinski definition) is 1. The molecule has 166 valence electrons.